The van der Waals surface area contributed by atoms with E-state index >= 15 is 0 Å². The summed E-state index contributed by atoms with van der Waals surface area (Å²) in [5, 5.41) is 3.25. The van der Waals surface area contributed by atoms with Gasteiger partial charge in [-0.2, -0.15) is 0 Å². The van der Waals surface area contributed by atoms with Gasteiger partial charge in [0.25, 0.3) is 0 Å². The predicted molar refractivity (Wildman–Crippen MR) is 102 cm³/mol. The number of hydrogen-bond donors (Lipinski definition) is 1. The second-order valence-electron chi connectivity index (χ2n) is 6.90. The summed E-state index contributed by atoms with van der Waals surface area (Å²) in [6.45, 7) is 6.65. The van der Waals surface area contributed by atoms with E-state index in [1.807, 2.05) is 36.4 Å². The minimum atomic E-state index is -0.220. The third-order valence-corrected chi connectivity index (χ3v) is 5.38. The molecule has 3 rings (SSSR count). The summed E-state index contributed by atoms with van der Waals surface area (Å²) in [5.41, 5.74) is 2.55. The topological polar surface area (TPSA) is 32.3 Å². The van der Waals surface area contributed by atoms with Crippen molar-refractivity contribution in [3.8, 4) is 0 Å². The first kappa shape index (κ1) is 17.7. The summed E-state index contributed by atoms with van der Waals surface area (Å²) >= 11 is 0. The molecule has 0 aliphatic heterocycles. The van der Waals surface area contributed by atoms with Crippen LogP contribution in [0.1, 0.15) is 43.9 Å². The zero-order valence-electron chi connectivity index (χ0n) is 15.2. The molecular formula is C22H28N2O. The summed E-state index contributed by atoms with van der Waals surface area (Å²) in [6, 6.07) is 20.5. The molecule has 0 aromatic heterocycles. The van der Waals surface area contributed by atoms with Crippen LogP contribution in [0.5, 0.6) is 0 Å². The summed E-state index contributed by atoms with van der Waals surface area (Å²) in [6.07, 6.45) is 2.30. The number of carbonyl (C=O) groups is 1. The Balaban J connectivity index is 1.73. The number of likely N-dealkylation sites (N-methyl/N-ethyl adjacent to an activating group) is 1. The van der Waals surface area contributed by atoms with E-state index in [0.717, 1.165) is 38.0 Å². The van der Waals surface area contributed by atoms with Crippen LogP contribution in [0.25, 0.3) is 0 Å². The lowest BCUT2D eigenvalue weighted by molar-refractivity contribution is -0.126. The zero-order chi connectivity index (χ0) is 17.7. The lowest BCUT2D eigenvalue weighted by Crippen LogP contribution is -2.43. The fourth-order valence-electron chi connectivity index (χ4n) is 3.62. The molecule has 0 bridgehead atoms. The van der Waals surface area contributed by atoms with E-state index in [0.29, 0.717) is 0 Å². The van der Waals surface area contributed by atoms with E-state index in [2.05, 4.69) is 48.3 Å². The first-order valence-corrected chi connectivity index (χ1v) is 9.32. The van der Waals surface area contributed by atoms with Crippen molar-refractivity contribution in [2.75, 3.05) is 19.6 Å². The van der Waals surface area contributed by atoms with E-state index in [1.54, 1.807) is 0 Å². The molecule has 0 radical (unpaired) electrons. The van der Waals surface area contributed by atoms with Crippen molar-refractivity contribution >= 4 is 5.91 Å². The highest BCUT2D eigenvalue weighted by Gasteiger charge is 2.44. The molecule has 1 aliphatic carbocycles. The van der Waals surface area contributed by atoms with Crippen LogP contribution in [0.3, 0.4) is 0 Å². The molecule has 132 valence electrons. The predicted octanol–water partition coefficient (Wildman–Crippen LogP) is 3.92. The lowest BCUT2D eigenvalue weighted by Gasteiger charge is -2.30. The average molecular weight is 336 g/mol. The van der Waals surface area contributed by atoms with Crippen molar-refractivity contribution in [2.45, 2.75) is 38.1 Å². The van der Waals surface area contributed by atoms with Crippen LogP contribution < -0.4 is 5.32 Å². The van der Waals surface area contributed by atoms with Crippen molar-refractivity contribution in [1.29, 1.82) is 0 Å². The van der Waals surface area contributed by atoms with Gasteiger partial charge in [-0.25, -0.2) is 0 Å². The van der Waals surface area contributed by atoms with E-state index in [-0.39, 0.29) is 17.4 Å². The van der Waals surface area contributed by atoms with Crippen LogP contribution in [0.4, 0.5) is 0 Å². The highest BCUT2D eigenvalue weighted by Crippen LogP contribution is 2.47. The minimum Gasteiger partial charge on any atom is -0.354 e. The number of nitrogens with zero attached hydrogens (tertiary/aromatic N) is 1. The Bertz CT molecular complexity index is 676. The smallest absolute Gasteiger partial charge is 0.241 e. The average Bonchev–Trinajstić information content (AvgIpc) is 3.47. The number of rotatable bonds is 8. The highest BCUT2D eigenvalue weighted by molar-refractivity contribution is 5.83. The van der Waals surface area contributed by atoms with E-state index < -0.39 is 0 Å². The van der Waals surface area contributed by atoms with Crippen molar-refractivity contribution < 1.29 is 4.79 Å². The molecule has 0 heterocycles. The minimum absolute atomic E-state index is 0.108. The Hall–Kier alpha value is -2.13. The Kier molecular flexibility index (Phi) is 5.54. The van der Waals surface area contributed by atoms with Gasteiger partial charge < -0.3 is 5.32 Å². The molecule has 1 aliphatic rings. The molecule has 1 fully saturated rings. The largest absolute Gasteiger partial charge is 0.354 e. The van der Waals surface area contributed by atoms with Crippen molar-refractivity contribution in [1.82, 2.24) is 10.2 Å². The van der Waals surface area contributed by atoms with E-state index in [9.17, 15) is 4.79 Å². The van der Waals surface area contributed by atoms with Crippen molar-refractivity contribution in [2.24, 2.45) is 0 Å². The van der Waals surface area contributed by atoms with Crippen LogP contribution in [0, 0.1) is 0 Å². The second kappa shape index (κ2) is 7.83. The fraction of sp³-hybridized carbons (Fsp3) is 0.409. The van der Waals surface area contributed by atoms with Gasteiger partial charge >= 0.3 is 0 Å². The van der Waals surface area contributed by atoms with Crippen LogP contribution in [0.2, 0.25) is 0 Å². The Morgan fingerprint density at radius 2 is 1.56 bits per heavy atom. The monoisotopic (exact) mass is 336 g/mol. The molecule has 25 heavy (non-hydrogen) atoms. The third-order valence-electron chi connectivity index (χ3n) is 5.38. The molecule has 2 aromatic carbocycles. The van der Waals surface area contributed by atoms with E-state index in [4.69, 9.17) is 0 Å². The summed E-state index contributed by atoms with van der Waals surface area (Å²) in [5.74, 6) is 0.108. The molecule has 3 nitrogen and oxygen atoms in total. The van der Waals surface area contributed by atoms with Gasteiger partial charge in [0.2, 0.25) is 5.91 Å². The molecule has 1 unspecified atom stereocenters. The second-order valence-corrected chi connectivity index (χ2v) is 6.90. The molecule has 0 saturated heterocycles. The number of hydrogen-bond acceptors (Lipinski definition) is 2. The highest BCUT2D eigenvalue weighted by atomic mass is 16.2. The van der Waals surface area contributed by atoms with Crippen LogP contribution in [-0.4, -0.2) is 30.4 Å². The van der Waals surface area contributed by atoms with Gasteiger partial charge in [0, 0.05) is 12.0 Å². The van der Waals surface area contributed by atoms with Gasteiger partial charge in [0.05, 0.1) is 0 Å². The quantitative estimate of drug-likeness (QED) is 0.792. The molecule has 1 atom stereocenters. The van der Waals surface area contributed by atoms with Gasteiger partial charge in [-0.3, -0.25) is 9.69 Å². The van der Waals surface area contributed by atoms with Crippen LogP contribution in [0.15, 0.2) is 60.7 Å². The maximum Gasteiger partial charge on any atom is 0.241 e. The van der Waals surface area contributed by atoms with Gasteiger partial charge in [-0.05, 0) is 37.1 Å². The Labute approximate surface area is 151 Å². The molecule has 1 amide bonds. The normalized spacial score (nSPS) is 16.4. The number of benzene rings is 2. The summed E-state index contributed by atoms with van der Waals surface area (Å²) in [7, 11) is 0. The fourth-order valence-corrected chi connectivity index (χ4v) is 3.62. The standard InChI is InChI=1S/C22H28N2O/c1-3-24(4-2)20(18-11-7-5-8-12-18)21(25)23-17-22(15-16-22)19-13-9-6-10-14-19/h5-14,20H,3-4,15-17H2,1-2H3,(H,23,25). The van der Waals surface area contributed by atoms with Gasteiger partial charge in [0.1, 0.15) is 6.04 Å². The van der Waals surface area contributed by atoms with Gasteiger partial charge in [0.15, 0.2) is 0 Å². The maximum absolute atomic E-state index is 13.1. The van der Waals surface area contributed by atoms with Crippen molar-refractivity contribution in [3.63, 3.8) is 0 Å². The van der Waals surface area contributed by atoms with Crippen LogP contribution in [-0.2, 0) is 10.2 Å². The molecule has 1 saturated carbocycles. The Morgan fingerprint density at radius 1 is 1.00 bits per heavy atom. The molecule has 3 heteroatoms. The number of carbonyl (C=O) groups excluding carboxylic acids is 1. The van der Waals surface area contributed by atoms with Gasteiger partial charge in [-0.15, -0.1) is 0 Å². The SMILES string of the molecule is CCN(CC)C(C(=O)NCC1(c2ccccc2)CC1)c1ccccc1. The Morgan fingerprint density at radius 3 is 2.08 bits per heavy atom. The molecular weight excluding hydrogens is 308 g/mol. The first-order valence-electron chi connectivity index (χ1n) is 9.32. The summed E-state index contributed by atoms with van der Waals surface area (Å²) < 4.78 is 0. The summed E-state index contributed by atoms with van der Waals surface area (Å²) in [4.78, 5) is 15.3. The molecule has 1 N–H and O–H groups in total. The third kappa shape index (κ3) is 3.93. The van der Waals surface area contributed by atoms with E-state index in [1.165, 1.54) is 5.56 Å². The van der Waals surface area contributed by atoms with Crippen LogP contribution >= 0.6 is 0 Å². The zero-order valence-corrected chi connectivity index (χ0v) is 15.2. The number of amides is 1. The molecule has 0 spiro atoms. The number of nitrogens with one attached hydrogen (secondary N) is 1. The van der Waals surface area contributed by atoms with Gasteiger partial charge in [-0.1, -0.05) is 74.5 Å². The van der Waals surface area contributed by atoms with Crippen molar-refractivity contribution in [3.05, 3.63) is 71.8 Å². The maximum atomic E-state index is 13.1. The lowest BCUT2D eigenvalue weighted by atomic mass is 9.95. The first-order chi connectivity index (χ1) is 12.2. The molecule has 2 aromatic rings.